The predicted octanol–water partition coefficient (Wildman–Crippen LogP) is -1.06. The van der Waals surface area contributed by atoms with Crippen molar-refractivity contribution in [1.82, 2.24) is 19.5 Å². The number of fused-ring (bicyclic) bond motifs is 1. The maximum atomic E-state index is 11.9. The molecule has 0 saturated carbocycles. The standard InChI is InChI=1S/C13H20N5O14P3/c1-2-3-28-11-7-10(16-13(14)17-11)18(5-15-7)12-9(20)8(19)6(30-12)4-29-34(24,25)32-35(26,27)31-33(21,22)23/h2,5-6,8-9,12,19-20H,1,3-4H2,(H,24,25)(H,26,27)(H2,14,16,17)(H2,21,22,23)/t6-,8-,9-,12-/m0/s1. The van der Waals surface area contributed by atoms with Crippen LogP contribution in [0.4, 0.5) is 5.95 Å². The Morgan fingerprint density at radius 2 is 1.80 bits per heavy atom. The van der Waals surface area contributed by atoms with Crippen molar-refractivity contribution in [2.75, 3.05) is 18.9 Å². The molecular formula is C13H20N5O14P3. The average Bonchev–Trinajstić information content (AvgIpc) is 3.23. The third kappa shape index (κ3) is 6.90. The molecule has 0 radical (unpaired) electrons. The summed E-state index contributed by atoms with van der Waals surface area (Å²) < 4.78 is 57.6. The van der Waals surface area contributed by atoms with E-state index in [0.29, 0.717) is 0 Å². The molecule has 2 unspecified atom stereocenters. The van der Waals surface area contributed by atoms with Gasteiger partial charge in [-0.15, -0.1) is 0 Å². The second kappa shape index (κ2) is 10.3. The predicted molar refractivity (Wildman–Crippen MR) is 111 cm³/mol. The summed E-state index contributed by atoms with van der Waals surface area (Å²) in [6.45, 7) is 2.59. The number of anilines is 1. The van der Waals surface area contributed by atoms with Crippen molar-refractivity contribution in [3.8, 4) is 5.88 Å². The molecule has 3 rings (SSSR count). The minimum atomic E-state index is -5.73. The van der Waals surface area contributed by atoms with E-state index in [1.165, 1.54) is 17.0 Å². The first-order chi connectivity index (χ1) is 16.1. The lowest BCUT2D eigenvalue weighted by atomic mass is 10.1. The Balaban J connectivity index is 1.74. The van der Waals surface area contributed by atoms with Crippen molar-refractivity contribution in [3.63, 3.8) is 0 Å². The van der Waals surface area contributed by atoms with E-state index in [4.69, 9.17) is 25.0 Å². The van der Waals surface area contributed by atoms with E-state index in [2.05, 4.69) is 34.7 Å². The van der Waals surface area contributed by atoms with Gasteiger partial charge in [-0.1, -0.05) is 12.7 Å². The molecule has 2 aromatic heterocycles. The summed E-state index contributed by atoms with van der Waals surface area (Å²) in [6, 6.07) is 0. The van der Waals surface area contributed by atoms with E-state index in [-0.39, 0.29) is 29.6 Å². The van der Waals surface area contributed by atoms with E-state index in [1.807, 2.05) is 0 Å². The molecular weight excluding hydrogens is 543 g/mol. The van der Waals surface area contributed by atoms with Crippen molar-refractivity contribution in [3.05, 3.63) is 19.0 Å². The second-order valence-electron chi connectivity index (χ2n) is 6.74. The molecule has 3 heterocycles. The van der Waals surface area contributed by atoms with Crippen molar-refractivity contribution >= 4 is 40.6 Å². The first-order valence-electron chi connectivity index (χ1n) is 9.16. The number of nitrogen functional groups attached to an aromatic ring is 1. The lowest BCUT2D eigenvalue weighted by Crippen LogP contribution is -2.33. The number of aliphatic hydroxyl groups excluding tert-OH is 2. The van der Waals surface area contributed by atoms with Gasteiger partial charge in [0, 0.05) is 0 Å². The van der Waals surface area contributed by atoms with Gasteiger partial charge in [-0.25, -0.2) is 18.7 Å². The van der Waals surface area contributed by atoms with Gasteiger partial charge >= 0.3 is 23.5 Å². The fourth-order valence-electron chi connectivity index (χ4n) is 2.90. The number of phosphoric ester groups is 1. The van der Waals surface area contributed by atoms with Gasteiger partial charge in [0.05, 0.1) is 12.9 Å². The van der Waals surface area contributed by atoms with Crippen LogP contribution in [-0.2, 0) is 31.6 Å². The highest BCUT2D eigenvalue weighted by Crippen LogP contribution is 2.66. The molecule has 1 saturated heterocycles. The Bertz CT molecular complexity index is 1230. The van der Waals surface area contributed by atoms with Crippen LogP contribution in [0.25, 0.3) is 11.2 Å². The first kappa shape index (κ1) is 27.8. The number of nitrogens with two attached hydrogens (primary N) is 1. The highest BCUT2D eigenvalue weighted by Gasteiger charge is 2.47. The van der Waals surface area contributed by atoms with Gasteiger partial charge in [-0.05, 0) is 0 Å². The van der Waals surface area contributed by atoms with Crippen LogP contribution < -0.4 is 10.5 Å². The number of hydrogen-bond donors (Lipinski definition) is 7. The summed E-state index contributed by atoms with van der Waals surface area (Å²) >= 11 is 0. The number of phosphoric acid groups is 3. The van der Waals surface area contributed by atoms with Gasteiger partial charge in [0.15, 0.2) is 17.4 Å². The minimum absolute atomic E-state index is 0.00314. The number of rotatable bonds is 11. The molecule has 0 aromatic carbocycles. The fraction of sp³-hybridized carbons (Fsp3) is 0.462. The third-order valence-corrected chi connectivity index (χ3v) is 7.98. The van der Waals surface area contributed by atoms with Gasteiger partial charge in [-0.3, -0.25) is 9.09 Å². The molecule has 0 amide bonds. The SMILES string of the molecule is C=CCOc1nc(N)nc2c1ncn2[C@H]1O[C@@H](COP(=O)(O)OP(=O)(O)OP(=O)(O)O)[C@H](O)[C@@H]1O. The maximum Gasteiger partial charge on any atom is 0.490 e. The zero-order chi connectivity index (χ0) is 26.2. The number of hydrogen-bond acceptors (Lipinski definition) is 14. The Morgan fingerprint density at radius 1 is 1.11 bits per heavy atom. The Morgan fingerprint density at radius 3 is 2.43 bits per heavy atom. The Labute approximate surface area is 195 Å². The molecule has 0 aliphatic carbocycles. The molecule has 19 nitrogen and oxygen atoms in total. The molecule has 1 fully saturated rings. The van der Waals surface area contributed by atoms with E-state index in [1.54, 1.807) is 0 Å². The monoisotopic (exact) mass is 563 g/mol. The van der Waals surface area contributed by atoms with Crippen molar-refractivity contribution < 1.29 is 66.1 Å². The van der Waals surface area contributed by atoms with Crippen LogP contribution in [0.2, 0.25) is 0 Å². The van der Waals surface area contributed by atoms with Crippen LogP contribution >= 0.6 is 23.5 Å². The number of nitrogens with zero attached hydrogens (tertiary/aromatic N) is 4. The van der Waals surface area contributed by atoms with Crippen LogP contribution in [0.3, 0.4) is 0 Å². The van der Waals surface area contributed by atoms with Gasteiger partial charge in [0.1, 0.15) is 24.9 Å². The van der Waals surface area contributed by atoms with Gasteiger partial charge in [0.2, 0.25) is 11.8 Å². The van der Waals surface area contributed by atoms with Crippen LogP contribution in [0, 0.1) is 0 Å². The lowest BCUT2D eigenvalue weighted by molar-refractivity contribution is -0.0503. The van der Waals surface area contributed by atoms with Crippen LogP contribution in [0.1, 0.15) is 6.23 Å². The van der Waals surface area contributed by atoms with Crippen LogP contribution in [0.5, 0.6) is 5.88 Å². The van der Waals surface area contributed by atoms with Crippen molar-refractivity contribution in [1.29, 1.82) is 0 Å². The van der Waals surface area contributed by atoms with E-state index >= 15 is 0 Å². The quantitative estimate of drug-likeness (QED) is 0.127. The fourth-order valence-corrected chi connectivity index (χ4v) is 5.93. The van der Waals surface area contributed by atoms with Crippen LogP contribution in [0.15, 0.2) is 19.0 Å². The van der Waals surface area contributed by atoms with Crippen molar-refractivity contribution in [2.24, 2.45) is 0 Å². The number of ether oxygens (including phenoxy) is 2. The molecule has 35 heavy (non-hydrogen) atoms. The van der Waals surface area contributed by atoms with E-state index in [0.717, 1.165) is 0 Å². The summed E-state index contributed by atoms with van der Waals surface area (Å²) in [7, 11) is -16.8. The normalized spacial score (nSPS) is 26.3. The summed E-state index contributed by atoms with van der Waals surface area (Å²) in [5, 5.41) is 20.7. The maximum absolute atomic E-state index is 11.9. The zero-order valence-electron chi connectivity index (χ0n) is 17.2. The molecule has 0 bridgehead atoms. The number of imidazole rings is 1. The molecule has 1 aliphatic heterocycles. The largest absolute Gasteiger partial charge is 0.490 e. The lowest BCUT2D eigenvalue weighted by Gasteiger charge is -2.19. The topological polar surface area (TPSA) is 288 Å². The smallest absolute Gasteiger partial charge is 0.472 e. The average molecular weight is 563 g/mol. The number of aromatic nitrogens is 4. The summed E-state index contributed by atoms with van der Waals surface area (Å²) in [5.41, 5.74) is 5.85. The number of aliphatic hydroxyl groups is 2. The van der Waals surface area contributed by atoms with Gasteiger partial charge in [0.25, 0.3) is 0 Å². The van der Waals surface area contributed by atoms with E-state index in [9.17, 15) is 33.7 Å². The second-order valence-corrected chi connectivity index (χ2v) is 11.2. The van der Waals surface area contributed by atoms with Crippen molar-refractivity contribution in [2.45, 2.75) is 24.5 Å². The molecule has 6 atom stereocenters. The van der Waals surface area contributed by atoms with Gasteiger partial charge in [-0.2, -0.15) is 18.6 Å². The highest BCUT2D eigenvalue weighted by atomic mass is 31.3. The molecule has 1 aliphatic rings. The van der Waals surface area contributed by atoms with E-state index < -0.39 is 54.6 Å². The molecule has 196 valence electrons. The zero-order valence-corrected chi connectivity index (χ0v) is 19.9. The summed E-state index contributed by atoms with van der Waals surface area (Å²) in [4.78, 5) is 47.8. The summed E-state index contributed by atoms with van der Waals surface area (Å²) in [6.07, 6.45) is -3.64. The first-order valence-corrected chi connectivity index (χ1v) is 13.7. The minimum Gasteiger partial charge on any atom is -0.472 e. The Kier molecular flexibility index (Phi) is 8.15. The molecule has 2 aromatic rings. The molecule has 22 heteroatoms. The Hall–Kier alpha value is -1.82. The summed E-state index contributed by atoms with van der Waals surface area (Å²) in [5.74, 6) is -0.209. The highest BCUT2D eigenvalue weighted by molar-refractivity contribution is 7.66. The molecule has 0 spiro atoms. The van der Waals surface area contributed by atoms with Crippen LogP contribution in [-0.4, -0.2) is 80.8 Å². The molecule has 8 N–H and O–H groups in total. The third-order valence-electron chi connectivity index (χ3n) is 4.17. The van der Waals surface area contributed by atoms with Gasteiger partial charge < -0.3 is 45.0 Å².